The van der Waals surface area contributed by atoms with Crippen LogP contribution in [0.2, 0.25) is 0 Å². The minimum atomic E-state index is 0.287. The first-order valence-corrected chi connectivity index (χ1v) is 6.90. The van der Waals surface area contributed by atoms with Crippen molar-refractivity contribution in [3.8, 4) is 11.5 Å². The van der Waals surface area contributed by atoms with Crippen molar-refractivity contribution in [2.75, 3.05) is 25.2 Å². The summed E-state index contributed by atoms with van der Waals surface area (Å²) in [5.41, 5.74) is 5.58. The van der Waals surface area contributed by atoms with Crippen molar-refractivity contribution >= 4 is 16.6 Å². The number of hydrogen-bond acceptors (Lipinski definition) is 5. The minimum Gasteiger partial charge on any atom is -0.454 e. The minimum absolute atomic E-state index is 0.287. The van der Waals surface area contributed by atoms with E-state index in [4.69, 9.17) is 15.2 Å². The van der Waals surface area contributed by atoms with Crippen molar-refractivity contribution in [2.24, 2.45) is 11.7 Å². The standard InChI is InChI=1S/C15H19N3O2/c1-10(2-4-16)8-18-15-12-7-14-13(19-9-20-14)6-11(12)3-5-17-15/h3,5-7,10H,2,4,8-9,16H2,1H3,(H,17,18). The van der Waals surface area contributed by atoms with E-state index in [1.807, 2.05) is 18.2 Å². The fraction of sp³-hybridized carbons (Fsp3) is 0.400. The summed E-state index contributed by atoms with van der Waals surface area (Å²) < 4.78 is 10.8. The van der Waals surface area contributed by atoms with Gasteiger partial charge >= 0.3 is 0 Å². The average Bonchev–Trinajstić information content (AvgIpc) is 2.90. The lowest BCUT2D eigenvalue weighted by Gasteiger charge is -2.13. The Morgan fingerprint density at radius 3 is 2.95 bits per heavy atom. The summed E-state index contributed by atoms with van der Waals surface area (Å²) in [4.78, 5) is 4.43. The lowest BCUT2D eigenvalue weighted by Crippen LogP contribution is -2.15. The zero-order chi connectivity index (χ0) is 13.9. The average molecular weight is 273 g/mol. The molecule has 1 aliphatic heterocycles. The molecule has 1 unspecified atom stereocenters. The zero-order valence-corrected chi connectivity index (χ0v) is 11.6. The van der Waals surface area contributed by atoms with Crippen molar-refractivity contribution in [3.05, 3.63) is 24.4 Å². The van der Waals surface area contributed by atoms with Crippen LogP contribution >= 0.6 is 0 Å². The van der Waals surface area contributed by atoms with E-state index in [2.05, 4.69) is 17.2 Å². The second-order valence-electron chi connectivity index (χ2n) is 5.15. The third-order valence-electron chi connectivity index (χ3n) is 3.54. The third-order valence-corrected chi connectivity index (χ3v) is 3.54. The Balaban J connectivity index is 1.87. The third kappa shape index (κ3) is 2.49. The molecule has 2 aromatic rings. The molecule has 5 nitrogen and oxygen atoms in total. The second-order valence-corrected chi connectivity index (χ2v) is 5.15. The predicted octanol–water partition coefficient (Wildman–Crippen LogP) is 2.36. The predicted molar refractivity (Wildman–Crippen MR) is 79.2 cm³/mol. The van der Waals surface area contributed by atoms with Crippen molar-refractivity contribution in [1.29, 1.82) is 0 Å². The molecule has 0 saturated heterocycles. The molecule has 20 heavy (non-hydrogen) atoms. The van der Waals surface area contributed by atoms with Gasteiger partial charge in [-0.3, -0.25) is 0 Å². The Bertz CT molecular complexity index is 615. The second kappa shape index (κ2) is 5.54. The summed E-state index contributed by atoms with van der Waals surface area (Å²) in [6.45, 7) is 4.04. The van der Waals surface area contributed by atoms with Crippen LogP contribution in [0.5, 0.6) is 11.5 Å². The number of rotatable bonds is 5. The van der Waals surface area contributed by atoms with E-state index in [0.717, 1.165) is 41.1 Å². The molecule has 1 aromatic heterocycles. The highest BCUT2D eigenvalue weighted by molar-refractivity contribution is 5.94. The van der Waals surface area contributed by atoms with Crippen LogP contribution < -0.4 is 20.5 Å². The van der Waals surface area contributed by atoms with Crippen LogP contribution in [-0.4, -0.2) is 24.9 Å². The van der Waals surface area contributed by atoms with Crippen molar-refractivity contribution in [2.45, 2.75) is 13.3 Å². The van der Waals surface area contributed by atoms with Gasteiger partial charge in [-0.25, -0.2) is 4.98 Å². The summed E-state index contributed by atoms with van der Waals surface area (Å²) in [5.74, 6) is 2.98. The van der Waals surface area contributed by atoms with Gasteiger partial charge in [-0.1, -0.05) is 6.92 Å². The maximum Gasteiger partial charge on any atom is 0.231 e. The van der Waals surface area contributed by atoms with Gasteiger partial charge in [0.05, 0.1) is 0 Å². The molecule has 0 fully saturated rings. The topological polar surface area (TPSA) is 69.4 Å². The Labute approximate surface area is 118 Å². The molecule has 0 saturated carbocycles. The van der Waals surface area contributed by atoms with Crippen LogP contribution in [-0.2, 0) is 0 Å². The lowest BCUT2D eigenvalue weighted by atomic mass is 10.1. The Morgan fingerprint density at radius 1 is 1.35 bits per heavy atom. The van der Waals surface area contributed by atoms with Crippen molar-refractivity contribution in [3.63, 3.8) is 0 Å². The number of hydrogen-bond donors (Lipinski definition) is 2. The summed E-state index contributed by atoms with van der Waals surface area (Å²) in [6, 6.07) is 5.96. The number of benzene rings is 1. The first kappa shape index (κ1) is 13.0. The van der Waals surface area contributed by atoms with Gasteiger partial charge in [-0.05, 0) is 42.5 Å². The van der Waals surface area contributed by atoms with Crippen molar-refractivity contribution < 1.29 is 9.47 Å². The highest BCUT2D eigenvalue weighted by Crippen LogP contribution is 2.37. The van der Waals surface area contributed by atoms with E-state index in [-0.39, 0.29) is 6.79 Å². The summed E-state index contributed by atoms with van der Waals surface area (Å²) >= 11 is 0. The van der Waals surface area contributed by atoms with E-state index in [0.29, 0.717) is 12.5 Å². The molecule has 1 atom stereocenters. The van der Waals surface area contributed by atoms with E-state index in [9.17, 15) is 0 Å². The number of nitrogens with one attached hydrogen (secondary N) is 1. The number of nitrogens with two attached hydrogens (primary N) is 1. The van der Waals surface area contributed by atoms with E-state index in [1.54, 1.807) is 6.20 Å². The normalized spacial score (nSPS) is 14.5. The quantitative estimate of drug-likeness (QED) is 0.875. The smallest absolute Gasteiger partial charge is 0.231 e. The highest BCUT2D eigenvalue weighted by atomic mass is 16.7. The molecule has 0 aliphatic carbocycles. The van der Waals surface area contributed by atoms with Gasteiger partial charge in [0, 0.05) is 18.1 Å². The van der Waals surface area contributed by atoms with Gasteiger partial charge < -0.3 is 20.5 Å². The van der Waals surface area contributed by atoms with Crippen LogP contribution in [0.3, 0.4) is 0 Å². The molecule has 0 bridgehead atoms. The number of ether oxygens (including phenoxy) is 2. The monoisotopic (exact) mass is 273 g/mol. The van der Waals surface area contributed by atoms with Crippen LogP contribution in [0, 0.1) is 5.92 Å². The molecule has 2 heterocycles. The SMILES string of the molecule is CC(CCN)CNc1nccc2cc3c(cc12)OCO3. The molecule has 5 heteroatoms. The summed E-state index contributed by atoms with van der Waals surface area (Å²) in [5, 5.41) is 5.55. The Morgan fingerprint density at radius 2 is 2.15 bits per heavy atom. The number of nitrogens with zero attached hydrogens (tertiary/aromatic N) is 1. The molecule has 3 N–H and O–H groups in total. The zero-order valence-electron chi connectivity index (χ0n) is 11.6. The molecular formula is C15H19N3O2. The maximum absolute atomic E-state index is 5.58. The van der Waals surface area contributed by atoms with Crippen molar-refractivity contribution in [1.82, 2.24) is 4.98 Å². The van der Waals surface area contributed by atoms with E-state index >= 15 is 0 Å². The Kier molecular flexibility index (Phi) is 3.60. The van der Waals surface area contributed by atoms with Gasteiger partial charge in [-0.15, -0.1) is 0 Å². The number of fused-ring (bicyclic) bond motifs is 2. The van der Waals surface area contributed by atoms with E-state index in [1.165, 1.54) is 0 Å². The Hall–Kier alpha value is -2.01. The molecule has 1 aromatic carbocycles. The van der Waals surface area contributed by atoms with Crippen LogP contribution in [0.1, 0.15) is 13.3 Å². The number of anilines is 1. The van der Waals surface area contributed by atoms with Gasteiger partial charge in [0.1, 0.15) is 5.82 Å². The molecule has 106 valence electrons. The molecule has 1 aliphatic rings. The number of aromatic nitrogens is 1. The molecular weight excluding hydrogens is 254 g/mol. The van der Waals surface area contributed by atoms with E-state index < -0.39 is 0 Å². The van der Waals surface area contributed by atoms with Crippen LogP contribution in [0.4, 0.5) is 5.82 Å². The van der Waals surface area contributed by atoms with Gasteiger partial charge in [0.2, 0.25) is 6.79 Å². The molecule has 3 rings (SSSR count). The van der Waals surface area contributed by atoms with Gasteiger partial charge in [-0.2, -0.15) is 0 Å². The largest absolute Gasteiger partial charge is 0.454 e. The fourth-order valence-electron chi connectivity index (χ4n) is 2.36. The molecule has 0 spiro atoms. The lowest BCUT2D eigenvalue weighted by molar-refractivity contribution is 0.174. The molecule has 0 radical (unpaired) electrons. The van der Waals surface area contributed by atoms with Gasteiger partial charge in [0.15, 0.2) is 11.5 Å². The summed E-state index contributed by atoms with van der Waals surface area (Å²) in [6.07, 6.45) is 2.81. The first-order valence-electron chi connectivity index (χ1n) is 6.90. The fourth-order valence-corrected chi connectivity index (χ4v) is 2.36. The highest BCUT2D eigenvalue weighted by Gasteiger charge is 2.16. The maximum atomic E-state index is 5.58. The van der Waals surface area contributed by atoms with Crippen LogP contribution in [0.25, 0.3) is 10.8 Å². The van der Waals surface area contributed by atoms with Crippen LogP contribution in [0.15, 0.2) is 24.4 Å². The number of pyridine rings is 1. The van der Waals surface area contributed by atoms with Gasteiger partial charge in [0.25, 0.3) is 0 Å². The molecule has 0 amide bonds. The summed E-state index contributed by atoms with van der Waals surface area (Å²) in [7, 11) is 0. The first-order chi connectivity index (χ1) is 9.78.